The third kappa shape index (κ3) is 5.07. The molecule has 5 N–H and O–H groups in total. The molecule has 2 aromatic heterocycles. The molecular weight excluding hydrogens is 463 g/mol. The van der Waals surface area contributed by atoms with E-state index in [9.17, 15) is 9.18 Å². The summed E-state index contributed by atoms with van der Waals surface area (Å²) in [6.45, 7) is 4.60. The first-order valence-corrected chi connectivity index (χ1v) is 11.9. The first-order chi connectivity index (χ1) is 17.4. The molecular formula is C25H29FN8O2. The van der Waals surface area contributed by atoms with Gasteiger partial charge in [-0.1, -0.05) is 0 Å². The number of carbonyl (C=O) groups is 1. The molecule has 1 saturated heterocycles. The van der Waals surface area contributed by atoms with Crippen LogP contribution < -0.4 is 21.7 Å². The standard InChI is InChI=1S/C25H29FN8O2/c1-14(27)9-28-21-4-3-18(23-19(21)11-30-25(32-23)29-10-15-5-6-36-13-15)24(35)31-17-7-16-12-34(2)33-22(16)20(26)8-17/h3-4,7-8,11-12,14-15,28H,5-6,9-10,13,27H2,1-2H3,(H,31,35)(H,29,30,32)/t14-,15+/m1/s1. The first-order valence-electron chi connectivity index (χ1n) is 11.9. The summed E-state index contributed by atoms with van der Waals surface area (Å²) in [7, 11) is 1.72. The number of fused-ring (bicyclic) bond motifs is 2. The molecule has 2 atom stereocenters. The Morgan fingerprint density at radius 1 is 1.31 bits per heavy atom. The third-order valence-electron chi connectivity index (χ3n) is 6.12. The van der Waals surface area contributed by atoms with Crippen LogP contribution in [0, 0.1) is 11.7 Å². The Bertz CT molecular complexity index is 1410. The van der Waals surface area contributed by atoms with Gasteiger partial charge in [-0.2, -0.15) is 5.10 Å². The number of ether oxygens (including phenoxy) is 1. The van der Waals surface area contributed by atoms with Crippen LogP contribution in [-0.4, -0.2) is 58.0 Å². The van der Waals surface area contributed by atoms with E-state index < -0.39 is 11.7 Å². The number of hydrogen-bond acceptors (Lipinski definition) is 8. The Balaban J connectivity index is 1.47. The molecule has 1 fully saturated rings. The van der Waals surface area contributed by atoms with Gasteiger partial charge in [0, 0.05) is 73.2 Å². The highest BCUT2D eigenvalue weighted by Crippen LogP contribution is 2.28. The van der Waals surface area contributed by atoms with Crippen molar-refractivity contribution < 1.29 is 13.9 Å². The minimum atomic E-state index is -0.506. The zero-order chi connectivity index (χ0) is 25.2. The highest BCUT2D eigenvalue weighted by Gasteiger charge is 2.19. The second-order valence-corrected chi connectivity index (χ2v) is 9.24. The molecule has 5 rings (SSSR count). The first kappa shape index (κ1) is 23.9. The van der Waals surface area contributed by atoms with Gasteiger partial charge in [-0.3, -0.25) is 9.48 Å². The molecule has 0 unspecified atom stereocenters. The number of rotatable bonds is 8. The van der Waals surface area contributed by atoms with Crippen molar-refractivity contribution in [2.75, 3.05) is 42.3 Å². The molecule has 11 heteroatoms. The molecule has 1 aliphatic heterocycles. The lowest BCUT2D eigenvalue weighted by Gasteiger charge is -2.15. The van der Waals surface area contributed by atoms with Gasteiger partial charge in [-0.25, -0.2) is 14.4 Å². The Morgan fingerprint density at radius 3 is 2.94 bits per heavy atom. The van der Waals surface area contributed by atoms with Crippen LogP contribution in [0.15, 0.2) is 36.7 Å². The SMILES string of the molecule is C[C@@H](N)CNc1ccc(C(=O)Nc2cc(F)c3nn(C)cc3c2)c2nc(NC[C@@H]3CCOC3)ncc12. The highest BCUT2D eigenvalue weighted by molar-refractivity contribution is 6.14. The maximum absolute atomic E-state index is 14.6. The number of halogens is 1. The van der Waals surface area contributed by atoms with Crippen molar-refractivity contribution in [3.8, 4) is 0 Å². The summed E-state index contributed by atoms with van der Waals surface area (Å²) < 4.78 is 21.5. The van der Waals surface area contributed by atoms with Crippen LogP contribution in [0.2, 0.25) is 0 Å². The summed E-state index contributed by atoms with van der Waals surface area (Å²) in [6, 6.07) is 6.39. The maximum atomic E-state index is 14.6. The summed E-state index contributed by atoms with van der Waals surface area (Å²) in [5, 5.41) is 14.8. The molecule has 0 aliphatic carbocycles. The lowest BCUT2D eigenvalue weighted by atomic mass is 10.1. The molecule has 3 heterocycles. The average Bonchev–Trinajstić information content (AvgIpc) is 3.50. The van der Waals surface area contributed by atoms with Gasteiger partial charge in [0.25, 0.3) is 5.91 Å². The molecule has 2 aromatic carbocycles. The number of amides is 1. The van der Waals surface area contributed by atoms with Crippen LogP contribution in [-0.2, 0) is 11.8 Å². The molecule has 36 heavy (non-hydrogen) atoms. The summed E-state index contributed by atoms with van der Waals surface area (Å²) in [5.41, 5.74) is 8.09. The number of carbonyl (C=O) groups excluding carboxylic acids is 1. The van der Waals surface area contributed by atoms with Gasteiger partial charge in [-0.05, 0) is 37.6 Å². The van der Waals surface area contributed by atoms with Crippen LogP contribution in [0.4, 0.5) is 21.7 Å². The molecule has 1 aliphatic rings. The van der Waals surface area contributed by atoms with Gasteiger partial charge in [0.2, 0.25) is 5.95 Å². The second-order valence-electron chi connectivity index (χ2n) is 9.24. The number of benzene rings is 2. The van der Waals surface area contributed by atoms with Crippen molar-refractivity contribution >= 4 is 45.0 Å². The van der Waals surface area contributed by atoms with E-state index in [2.05, 4.69) is 31.0 Å². The number of nitrogens with two attached hydrogens (primary N) is 1. The van der Waals surface area contributed by atoms with Crippen molar-refractivity contribution in [1.82, 2.24) is 19.7 Å². The number of aryl methyl sites for hydroxylation is 1. The fourth-order valence-electron chi connectivity index (χ4n) is 4.28. The lowest BCUT2D eigenvalue weighted by molar-refractivity contribution is 0.102. The molecule has 1 amide bonds. The van der Waals surface area contributed by atoms with Gasteiger partial charge in [-0.15, -0.1) is 0 Å². The van der Waals surface area contributed by atoms with Crippen LogP contribution in [0.1, 0.15) is 23.7 Å². The molecule has 0 spiro atoms. The summed E-state index contributed by atoms with van der Waals surface area (Å²) in [5.74, 6) is -0.0948. The number of nitrogens with one attached hydrogen (secondary N) is 3. The van der Waals surface area contributed by atoms with E-state index in [1.54, 1.807) is 37.6 Å². The quantitative estimate of drug-likeness (QED) is 0.295. The van der Waals surface area contributed by atoms with E-state index in [0.717, 1.165) is 18.7 Å². The van der Waals surface area contributed by atoms with E-state index in [1.807, 2.05) is 6.92 Å². The van der Waals surface area contributed by atoms with Crippen molar-refractivity contribution in [2.45, 2.75) is 19.4 Å². The zero-order valence-electron chi connectivity index (χ0n) is 20.2. The molecule has 10 nitrogen and oxygen atoms in total. The highest BCUT2D eigenvalue weighted by atomic mass is 19.1. The second kappa shape index (κ2) is 10.0. The molecule has 188 valence electrons. The maximum Gasteiger partial charge on any atom is 0.257 e. The molecule has 0 radical (unpaired) electrons. The predicted octanol–water partition coefficient (Wildman–Crippen LogP) is 3.12. The monoisotopic (exact) mass is 492 g/mol. The summed E-state index contributed by atoms with van der Waals surface area (Å²) >= 11 is 0. The van der Waals surface area contributed by atoms with Crippen LogP contribution in [0.5, 0.6) is 0 Å². The Labute approximate surface area is 207 Å². The lowest BCUT2D eigenvalue weighted by Crippen LogP contribution is -2.25. The normalized spacial score (nSPS) is 16.4. The van der Waals surface area contributed by atoms with Crippen molar-refractivity contribution in [1.29, 1.82) is 0 Å². The van der Waals surface area contributed by atoms with Crippen molar-refractivity contribution in [3.05, 3.63) is 48.0 Å². The molecule has 0 bridgehead atoms. The Kier molecular flexibility index (Phi) is 6.66. The van der Waals surface area contributed by atoms with Gasteiger partial charge in [0.1, 0.15) is 5.52 Å². The van der Waals surface area contributed by atoms with Crippen molar-refractivity contribution in [3.63, 3.8) is 0 Å². The largest absolute Gasteiger partial charge is 0.383 e. The van der Waals surface area contributed by atoms with E-state index in [0.29, 0.717) is 59.1 Å². The van der Waals surface area contributed by atoms with E-state index in [-0.39, 0.29) is 11.6 Å². The van der Waals surface area contributed by atoms with E-state index in [4.69, 9.17) is 10.5 Å². The van der Waals surface area contributed by atoms with Crippen LogP contribution >= 0.6 is 0 Å². The van der Waals surface area contributed by atoms with Gasteiger partial charge in [0.05, 0.1) is 17.7 Å². The Morgan fingerprint density at radius 2 is 2.17 bits per heavy atom. The summed E-state index contributed by atoms with van der Waals surface area (Å²) in [4.78, 5) is 22.5. The minimum absolute atomic E-state index is 0.0594. The molecule has 4 aromatic rings. The number of anilines is 3. The fraction of sp³-hybridized carbons (Fsp3) is 0.360. The van der Waals surface area contributed by atoms with Crippen molar-refractivity contribution in [2.24, 2.45) is 18.7 Å². The minimum Gasteiger partial charge on any atom is -0.383 e. The smallest absolute Gasteiger partial charge is 0.257 e. The number of nitrogens with zero attached hydrogens (tertiary/aromatic N) is 4. The number of hydrogen-bond donors (Lipinski definition) is 4. The van der Waals surface area contributed by atoms with Gasteiger partial charge < -0.3 is 26.4 Å². The third-order valence-corrected chi connectivity index (χ3v) is 6.12. The fourth-order valence-corrected chi connectivity index (χ4v) is 4.28. The predicted molar refractivity (Wildman–Crippen MR) is 138 cm³/mol. The Hall–Kier alpha value is -3.83. The topological polar surface area (TPSA) is 132 Å². The summed E-state index contributed by atoms with van der Waals surface area (Å²) in [6.07, 6.45) is 4.37. The average molecular weight is 493 g/mol. The van der Waals surface area contributed by atoms with Gasteiger partial charge >= 0.3 is 0 Å². The molecule has 0 saturated carbocycles. The van der Waals surface area contributed by atoms with E-state index >= 15 is 0 Å². The van der Waals surface area contributed by atoms with Crippen LogP contribution in [0.3, 0.4) is 0 Å². The van der Waals surface area contributed by atoms with Crippen LogP contribution in [0.25, 0.3) is 21.8 Å². The van der Waals surface area contributed by atoms with E-state index in [1.165, 1.54) is 10.7 Å². The number of aromatic nitrogens is 4. The zero-order valence-corrected chi connectivity index (χ0v) is 20.2. The van der Waals surface area contributed by atoms with Gasteiger partial charge in [0.15, 0.2) is 5.82 Å².